The van der Waals surface area contributed by atoms with Crippen molar-refractivity contribution >= 4 is 11.5 Å². The first-order valence-corrected chi connectivity index (χ1v) is 7.93. The van der Waals surface area contributed by atoms with Gasteiger partial charge in [0.05, 0.1) is 7.11 Å². The summed E-state index contributed by atoms with van der Waals surface area (Å²) < 4.78 is 5.08. The number of rotatable bonds is 8. The van der Waals surface area contributed by atoms with E-state index in [1.54, 1.807) is 37.6 Å². The van der Waals surface area contributed by atoms with Crippen LogP contribution in [0.25, 0.3) is 0 Å². The predicted octanol–water partition coefficient (Wildman–Crippen LogP) is 4.85. The standard InChI is InChI=1S/C20H23NO2/c1-3-4-5-16-6-10-18(11-7-16)21-15-14-20(22)17-8-12-19(23-2)13-9-17/h6-15,21H,3-5H2,1-2H3/b15-14+. The molecule has 23 heavy (non-hydrogen) atoms. The number of carbonyl (C=O) groups excluding carboxylic acids is 1. The van der Waals surface area contributed by atoms with Crippen molar-refractivity contribution in [1.29, 1.82) is 0 Å². The van der Waals surface area contributed by atoms with Crippen LogP contribution in [0.5, 0.6) is 5.75 Å². The molecule has 0 aromatic heterocycles. The van der Waals surface area contributed by atoms with Gasteiger partial charge in [-0.2, -0.15) is 0 Å². The number of hydrogen-bond donors (Lipinski definition) is 1. The van der Waals surface area contributed by atoms with Crippen molar-refractivity contribution in [2.75, 3.05) is 12.4 Å². The molecule has 2 aromatic rings. The average molecular weight is 309 g/mol. The summed E-state index contributed by atoms with van der Waals surface area (Å²) in [6.45, 7) is 2.19. The van der Waals surface area contributed by atoms with Gasteiger partial charge in [0.2, 0.25) is 0 Å². The molecule has 0 aliphatic heterocycles. The minimum Gasteiger partial charge on any atom is -0.497 e. The van der Waals surface area contributed by atoms with Crippen LogP contribution in [0.4, 0.5) is 5.69 Å². The molecule has 0 fully saturated rings. The minimum absolute atomic E-state index is 0.0419. The highest BCUT2D eigenvalue weighted by atomic mass is 16.5. The third-order valence-electron chi connectivity index (χ3n) is 3.63. The lowest BCUT2D eigenvalue weighted by molar-refractivity contribution is 0.104. The van der Waals surface area contributed by atoms with Gasteiger partial charge in [0.15, 0.2) is 5.78 Å². The molecule has 0 atom stereocenters. The second kappa shape index (κ2) is 8.79. The van der Waals surface area contributed by atoms with Crippen LogP contribution in [-0.4, -0.2) is 12.9 Å². The molecule has 0 heterocycles. The van der Waals surface area contributed by atoms with Gasteiger partial charge in [-0.25, -0.2) is 0 Å². The second-order valence-corrected chi connectivity index (χ2v) is 5.37. The fourth-order valence-electron chi connectivity index (χ4n) is 2.21. The summed E-state index contributed by atoms with van der Waals surface area (Å²) in [7, 11) is 1.61. The first kappa shape index (κ1) is 16.8. The molecular formula is C20H23NO2. The Morgan fingerprint density at radius 2 is 1.78 bits per heavy atom. The molecule has 0 unspecified atom stereocenters. The smallest absolute Gasteiger partial charge is 0.187 e. The Labute approximate surface area is 138 Å². The molecule has 0 radical (unpaired) electrons. The maximum atomic E-state index is 12.0. The highest BCUT2D eigenvalue weighted by Gasteiger charge is 2.01. The molecule has 120 valence electrons. The fraction of sp³-hybridized carbons (Fsp3) is 0.250. The largest absolute Gasteiger partial charge is 0.497 e. The summed E-state index contributed by atoms with van der Waals surface area (Å²) in [5.41, 5.74) is 2.96. The summed E-state index contributed by atoms with van der Waals surface area (Å²) in [5.74, 6) is 0.700. The molecule has 0 saturated carbocycles. The number of carbonyl (C=O) groups is 1. The quantitative estimate of drug-likeness (QED) is 0.560. The van der Waals surface area contributed by atoms with Gasteiger partial charge in [0.1, 0.15) is 5.75 Å². The summed E-state index contributed by atoms with van der Waals surface area (Å²) in [4.78, 5) is 12.0. The molecule has 3 heteroatoms. The molecule has 2 aromatic carbocycles. The Kier molecular flexibility index (Phi) is 6.42. The molecule has 0 bridgehead atoms. The summed E-state index contributed by atoms with van der Waals surface area (Å²) in [5, 5.41) is 3.13. The zero-order valence-corrected chi connectivity index (χ0v) is 13.7. The van der Waals surface area contributed by atoms with E-state index >= 15 is 0 Å². The van der Waals surface area contributed by atoms with Gasteiger partial charge in [-0.15, -0.1) is 0 Å². The molecule has 0 saturated heterocycles. The Hall–Kier alpha value is -2.55. The topological polar surface area (TPSA) is 38.3 Å². The highest BCUT2D eigenvalue weighted by molar-refractivity contribution is 6.04. The van der Waals surface area contributed by atoms with Gasteiger partial charge in [0.25, 0.3) is 0 Å². The van der Waals surface area contributed by atoms with Crippen LogP contribution < -0.4 is 10.1 Å². The van der Waals surface area contributed by atoms with Crippen molar-refractivity contribution in [3.63, 3.8) is 0 Å². The number of hydrogen-bond acceptors (Lipinski definition) is 3. The van der Waals surface area contributed by atoms with E-state index in [0.29, 0.717) is 5.56 Å². The van der Waals surface area contributed by atoms with E-state index in [2.05, 4.69) is 24.4 Å². The second-order valence-electron chi connectivity index (χ2n) is 5.37. The molecule has 0 aliphatic rings. The summed E-state index contributed by atoms with van der Waals surface area (Å²) >= 11 is 0. The number of benzene rings is 2. The third kappa shape index (κ3) is 5.29. The van der Waals surface area contributed by atoms with Crippen LogP contribution in [0.1, 0.15) is 35.7 Å². The van der Waals surface area contributed by atoms with Gasteiger partial charge in [-0.05, 0) is 54.8 Å². The SMILES string of the molecule is CCCCc1ccc(N/C=C/C(=O)c2ccc(OC)cc2)cc1. The maximum Gasteiger partial charge on any atom is 0.187 e. The number of ether oxygens (including phenoxy) is 1. The van der Waals surface area contributed by atoms with Crippen molar-refractivity contribution in [1.82, 2.24) is 0 Å². The Morgan fingerprint density at radius 1 is 1.09 bits per heavy atom. The van der Waals surface area contributed by atoms with Gasteiger partial charge < -0.3 is 10.1 Å². The fourth-order valence-corrected chi connectivity index (χ4v) is 2.21. The van der Waals surface area contributed by atoms with Crippen LogP contribution >= 0.6 is 0 Å². The number of anilines is 1. The van der Waals surface area contributed by atoms with Crippen LogP contribution in [0.2, 0.25) is 0 Å². The Bertz CT molecular complexity index is 642. The van der Waals surface area contributed by atoms with E-state index in [9.17, 15) is 4.79 Å². The average Bonchev–Trinajstić information content (AvgIpc) is 2.61. The zero-order chi connectivity index (χ0) is 16.5. The first-order chi connectivity index (χ1) is 11.2. The molecule has 3 nitrogen and oxygen atoms in total. The van der Waals surface area contributed by atoms with Crippen LogP contribution in [0.3, 0.4) is 0 Å². The van der Waals surface area contributed by atoms with Crippen molar-refractivity contribution in [2.45, 2.75) is 26.2 Å². The van der Waals surface area contributed by atoms with E-state index in [4.69, 9.17) is 4.74 Å². The number of methoxy groups -OCH3 is 1. The molecule has 2 rings (SSSR count). The number of ketones is 1. The van der Waals surface area contributed by atoms with Crippen molar-refractivity contribution in [3.05, 3.63) is 71.9 Å². The van der Waals surface area contributed by atoms with Gasteiger partial charge in [0, 0.05) is 23.5 Å². The van der Waals surface area contributed by atoms with E-state index in [-0.39, 0.29) is 5.78 Å². The van der Waals surface area contributed by atoms with Crippen LogP contribution in [-0.2, 0) is 6.42 Å². The number of allylic oxidation sites excluding steroid dienone is 1. The van der Waals surface area contributed by atoms with Crippen molar-refractivity contribution < 1.29 is 9.53 Å². The number of unbranched alkanes of at least 4 members (excludes halogenated alkanes) is 1. The zero-order valence-electron chi connectivity index (χ0n) is 13.7. The number of nitrogens with one attached hydrogen (secondary N) is 1. The van der Waals surface area contributed by atoms with Gasteiger partial charge in [-0.1, -0.05) is 25.5 Å². The summed E-state index contributed by atoms with van der Waals surface area (Å²) in [6, 6.07) is 15.4. The predicted molar refractivity (Wildman–Crippen MR) is 95.1 cm³/mol. The molecule has 1 N–H and O–H groups in total. The molecule has 0 aliphatic carbocycles. The maximum absolute atomic E-state index is 12.0. The molecule has 0 spiro atoms. The monoisotopic (exact) mass is 309 g/mol. The lowest BCUT2D eigenvalue weighted by Gasteiger charge is -2.04. The minimum atomic E-state index is -0.0419. The highest BCUT2D eigenvalue weighted by Crippen LogP contribution is 2.13. The first-order valence-electron chi connectivity index (χ1n) is 7.93. The third-order valence-corrected chi connectivity index (χ3v) is 3.63. The van der Waals surface area contributed by atoms with Gasteiger partial charge in [-0.3, -0.25) is 4.79 Å². The lowest BCUT2D eigenvalue weighted by atomic mass is 10.1. The molecular weight excluding hydrogens is 286 g/mol. The van der Waals surface area contributed by atoms with Crippen molar-refractivity contribution in [2.24, 2.45) is 0 Å². The van der Waals surface area contributed by atoms with Crippen LogP contribution in [0, 0.1) is 0 Å². The van der Waals surface area contributed by atoms with E-state index < -0.39 is 0 Å². The Morgan fingerprint density at radius 3 is 2.39 bits per heavy atom. The van der Waals surface area contributed by atoms with Crippen LogP contribution in [0.15, 0.2) is 60.8 Å². The van der Waals surface area contributed by atoms with Gasteiger partial charge >= 0.3 is 0 Å². The van der Waals surface area contributed by atoms with Crippen molar-refractivity contribution in [3.8, 4) is 5.75 Å². The van der Waals surface area contributed by atoms with E-state index in [1.165, 1.54) is 24.5 Å². The number of aryl methyl sites for hydroxylation is 1. The lowest BCUT2D eigenvalue weighted by Crippen LogP contribution is -1.96. The Balaban J connectivity index is 1.88. The van der Waals surface area contributed by atoms with E-state index in [1.807, 2.05) is 12.1 Å². The summed E-state index contributed by atoms with van der Waals surface area (Å²) in [6.07, 6.45) is 6.74. The van der Waals surface area contributed by atoms with E-state index in [0.717, 1.165) is 17.9 Å². The molecule has 0 amide bonds. The normalized spacial score (nSPS) is 10.7.